The molecule has 0 bridgehead atoms. The molecule has 8 nitrogen and oxygen atoms in total. The number of nitrogens with one attached hydrogen (secondary N) is 1. The SMILES string of the molecule is O=C1CN(S(=O)(=O)N2CCCC2)C(C(=O)O)CN1. The molecule has 0 aliphatic carbocycles. The van der Waals surface area contributed by atoms with Gasteiger partial charge in [-0.1, -0.05) is 0 Å². The standard InChI is InChI=1S/C9H15N3O5S/c13-8-6-12(7(5-10-8)9(14)15)18(16,17)11-3-1-2-4-11/h7H,1-6H2,(H,10,13)(H,14,15). The Balaban J connectivity index is 2.26. The van der Waals surface area contributed by atoms with E-state index in [0.717, 1.165) is 17.1 Å². The molecule has 2 rings (SSSR count). The molecular formula is C9H15N3O5S. The molecule has 0 saturated carbocycles. The summed E-state index contributed by atoms with van der Waals surface area (Å²) < 4.78 is 26.5. The van der Waals surface area contributed by atoms with Crippen LogP contribution in [0.3, 0.4) is 0 Å². The van der Waals surface area contributed by atoms with Crippen LogP contribution in [-0.2, 0) is 19.8 Å². The Morgan fingerprint density at radius 1 is 1.33 bits per heavy atom. The van der Waals surface area contributed by atoms with E-state index in [9.17, 15) is 18.0 Å². The van der Waals surface area contributed by atoms with E-state index in [0.29, 0.717) is 13.1 Å². The lowest BCUT2D eigenvalue weighted by Gasteiger charge is -2.34. The van der Waals surface area contributed by atoms with Crippen LogP contribution in [0.2, 0.25) is 0 Å². The van der Waals surface area contributed by atoms with Gasteiger partial charge >= 0.3 is 5.97 Å². The Bertz CT molecular complexity index is 457. The Labute approximate surface area is 105 Å². The van der Waals surface area contributed by atoms with Gasteiger partial charge in [0.1, 0.15) is 6.04 Å². The molecule has 2 fully saturated rings. The Hall–Kier alpha value is -1.19. The molecule has 0 aromatic rings. The third kappa shape index (κ3) is 2.33. The topological polar surface area (TPSA) is 107 Å². The molecule has 9 heteroatoms. The Morgan fingerprint density at radius 2 is 1.94 bits per heavy atom. The summed E-state index contributed by atoms with van der Waals surface area (Å²) in [5.41, 5.74) is 0. The minimum absolute atomic E-state index is 0.193. The van der Waals surface area contributed by atoms with Crippen LogP contribution in [0.5, 0.6) is 0 Å². The summed E-state index contributed by atoms with van der Waals surface area (Å²) in [6.45, 7) is 0.136. The minimum atomic E-state index is -3.86. The predicted octanol–water partition coefficient (Wildman–Crippen LogP) is -1.79. The first-order valence-electron chi connectivity index (χ1n) is 5.69. The smallest absolute Gasteiger partial charge is 0.323 e. The van der Waals surface area contributed by atoms with Crippen LogP contribution in [0.1, 0.15) is 12.8 Å². The van der Waals surface area contributed by atoms with Crippen molar-refractivity contribution in [1.29, 1.82) is 0 Å². The first kappa shape index (κ1) is 13.2. The molecule has 0 spiro atoms. The summed E-state index contributed by atoms with van der Waals surface area (Å²) in [6.07, 6.45) is 1.52. The van der Waals surface area contributed by atoms with E-state index in [-0.39, 0.29) is 6.54 Å². The van der Waals surface area contributed by atoms with Crippen LogP contribution in [0.15, 0.2) is 0 Å². The third-order valence-corrected chi connectivity index (χ3v) is 5.11. The Morgan fingerprint density at radius 3 is 2.50 bits per heavy atom. The first-order valence-corrected chi connectivity index (χ1v) is 7.09. The lowest BCUT2D eigenvalue weighted by molar-refractivity contribution is -0.143. The number of amides is 1. The zero-order valence-electron chi connectivity index (χ0n) is 9.70. The highest BCUT2D eigenvalue weighted by molar-refractivity contribution is 7.86. The average Bonchev–Trinajstić information content (AvgIpc) is 2.82. The van der Waals surface area contributed by atoms with Crippen molar-refractivity contribution in [2.24, 2.45) is 0 Å². The number of carbonyl (C=O) groups excluding carboxylic acids is 1. The number of piperazine rings is 1. The van der Waals surface area contributed by atoms with Crippen molar-refractivity contribution in [2.45, 2.75) is 18.9 Å². The van der Waals surface area contributed by atoms with Crippen LogP contribution >= 0.6 is 0 Å². The minimum Gasteiger partial charge on any atom is -0.480 e. The average molecular weight is 277 g/mol. The number of aliphatic carboxylic acids is 1. The van der Waals surface area contributed by atoms with Crippen molar-refractivity contribution in [3.63, 3.8) is 0 Å². The number of hydrogen-bond donors (Lipinski definition) is 2. The van der Waals surface area contributed by atoms with E-state index < -0.39 is 34.7 Å². The van der Waals surface area contributed by atoms with Gasteiger partial charge in [0, 0.05) is 19.6 Å². The van der Waals surface area contributed by atoms with Crippen molar-refractivity contribution in [2.75, 3.05) is 26.2 Å². The van der Waals surface area contributed by atoms with Gasteiger partial charge in [-0.3, -0.25) is 9.59 Å². The summed E-state index contributed by atoms with van der Waals surface area (Å²) in [5, 5.41) is 11.4. The third-order valence-electron chi connectivity index (χ3n) is 3.11. The maximum absolute atomic E-state index is 12.3. The molecule has 0 aromatic heterocycles. The molecule has 1 atom stereocenters. The molecule has 0 radical (unpaired) electrons. The highest BCUT2D eigenvalue weighted by Gasteiger charge is 2.42. The molecule has 2 aliphatic heterocycles. The van der Waals surface area contributed by atoms with Crippen molar-refractivity contribution >= 4 is 22.1 Å². The van der Waals surface area contributed by atoms with Crippen LogP contribution in [0, 0.1) is 0 Å². The van der Waals surface area contributed by atoms with Gasteiger partial charge in [-0.05, 0) is 12.8 Å². The van der Waals surface area contributed by atoms with Crippen molar-refractivity contribution in [3.8, 4) is 0 Å². The molecule has 18 heavy (non-hydrogen) atoms. The number of hydrogen-bond acceptors (Lipinski definition) is 4. The molecule has 1 unspecified atom stereocenters. The maximum atomic E-state index is 12.3. The van der Waals surface area contributed by atoms with E-state index in [4.69, 9.17) is 5.11 Å². The van der Waals surface area contributed by atoms with Gasteiger partial charge in [0.25, 0.3) is 10.2 Å². The molecule has 2 saturated heterocycles. The van der Waals surface area contributed by atoms with Crippen molar-refractivity contribution < 1.29 is 23.1 Å². The molecule has 102 valence electrons. The zero-order chi connectivity index (χ0) is 13.3. The molecular weight excluding hydrogens is 262 g/mol. The molecule has 1 amide bonds. The fourth-order valence-electron chi connectivity index (χ4n) is 2.14. The monoisotopic (exact) mass is 277 g/mol. The van der Waals surface area contributed by atoms with Crippen LogP contribution in [0.4, 0.5) is 0 Å². The van der Waals surface area contributed by atoms with Gasteiger partial charge in [0.05, 0.1) is 6.54 Å². The summed E-state index contributed by atoms with van der Waals surface area (Å²) in [5.74, 6) is -1.73. The molecule has 2 aliphatic rings. The van der Waals surface area contributed by atoms with E-state index in [2.05, 4.69) is 5.32 Å². The maximum Gasteiger partial charge on any atom is 0.323 e. The van der Waals surface area contributed by atoms with E-state index in [1.165, 1.54) is 4.31 Å². The number of rotatable bonds is 3. The second-order valence-electron chi connectivity index (χ2n) is 4.32. The molecule has 2 N–H and O–H groups in total. The van der Waals surface area contributed by atoms with E-state index in [1.54, 1.807) is 0 Å². The van der Waals surface area contributed by atoms with Crippen molar-refractivity contribution in [1.82, 2.24) is 13.9 Å². The number of nitrogens with zero attached hydrogens (tertiary/aromatic N) is 2. The van der Waals surface area contributed by atoms with E-state index in [1.807, 2.05) is 0 Å². The van der Waals surface area contributed by atoms with Crippen molar-refractivity contribution in [3.05, 3.63) is 0 Å². The fraction of sp³-hybridized carbons (Fsp3) is 0.778. The quantitative estimate of drug-likeness (QED) is 0.633. The number of carboxylic acid groups (broad SMARTS) is 1. The highest BCUT2D eigenvalue weighted by atomic mass is 32.2. The summed E-state index contributed by atoms with van der Waals surface area (Å²) >= 11 is 0. The molecule has 2 heterocycles. The fourth-order valence-corrected chi connectivity index (χ4v) is 3.92. The van der Waals surface area contributed by atoms with Gasteiger partial charge in [0.2, 0.25) is 5.91 Å². The zero-order valence-corrected chi connectivity index (χ0v) is 10.5. The second kappa shape index (κ2) is 4.82. The number of carbonyl (C=O) groups is 2. The summed E-state index contributed by atoms with van der Waals surface area (Å²) in [7, 11) is -3.86. The van der Waals surface area contributed by atoms with Crippen LogP contribution in [0.25, 0.3) is 0 Å². The summed E-state index contributed by atoms with van der Waals surface area (Å²) in [6, 6.07) is -1.23. The van der Waals surface area contributed by atoms with Gasteiger partial charge < -0.3 is 10.4 Å². The lowest BCUT2D eigenvalue weighted by Crippen LogP contribution is -2.61. The highest BCUT2D eigenvalue weighted by Crippen LogP contribution is 2.19. The van der Waals surface area contributed by atoms with Gasteiger partial charge in [-0.15, -0.1) is 0 Å². The summed E-state index contributed by atoms with van der Waals surface area (Å²) in [4.78, 5) is 22.3. The molecule has 0 aromatic carbocycles. The normalized spacial score (nSPS) is 27.1. The Kier molecular flexibility index (Phi) is 3.55. The van der Waals surface area contributed by atoms with Crippen LogP contribution < -0.4 is 5.32 Å². The van der Waals surface area contributed by atoms with Gasteiger partial charge in [0.15, 0.2) is 0 Å². The first-order chi connectivity index (χ1) is 8.43. The van der Waals surface area contributed by atoms with Crippen LogP contribution in [-0.4, -0.2) is 66.2 Å². The second-order valence-corrected chi connectivity index (χ2v) is 6.20. The lowest BCUT2D eigenvalue weighted by atomic mass is 10.2. The number of carboxylic acids is 1. The van der Waals surface area contributed by atoms with Gasteiger partial charge in [-0.25, -0.2) is 0 Å². The van der Waals surface area contributed by atoms with E-state index >= 15 is 0 Å². The predicted molar refractivity (Wildman–Crippen MR) is 60.9 cm³/mol. The van der Waals surface area contributed by atoms with Gasteiger partial charge in [-0.2, -0.15) is 17.0 Å². The largest absolute Gasteiger partial charge is 0.480 e.